The fraction of sp³-hybridized carbons (Fsp3) is 0.125. The van der Waals surface area contributed by atoms with E-state index in [9.17, 15) is 22.4 Å². The number of aromatic nitrogens is 1. The molecule has 130 valence electrons. The van der Waals surface area contributed by atoms with Crippen LogP contribution in [0, 0.1) is 5.82 Å². The molecule has 0 aliphatic rings. The lowest BCUT2D eigenvalue weighted by atomic mass is 10.1. The van der Waals surface area contributed by atoms with E-state index in [2.05, 4.69) is 10.5 Å². The number of thiophene rings is 1. The van der Waals surface area contributed by atoms with E-state index in [1.807, 2.05) is 17.5 Å². The zero-order valence-electron chi connectivity index (χ0n) is 12.4. The first-order valence-corrected chi connectivity index (χ1v) is 7.87. The van der Waals surface area contributed by atoms with Crippen LogP contribution in [0.3, 0.4) is 0 Å². The Morgan fingerprint density at radius 1 is 1.24 bits per heavy atom. The van der Waals surface area contributed by atoms with E-state index in [1.54, 1.807) is 6.07 Å². The van der Waals surface area contributed by atoms with Crippen LogP contribution in [0.15, 0.2) is 46.3 Å². The number of hydrogen-bond donors (Lipinski definition) is 1. The van der Waals surface area contributed by atoms with Crippen molar-refractivity contribution in [1.82, 2.24) is 5.16 Å². The summed E-state index contributed by atoms with van der Waals surface area (Å²) < 4.78 is 56.4. The van der Waals surface area contributed by atoms with Gasteiger partial charge in [0.1, 0.15) is 5.82 Å². The highest BCUT2D eigenvalue weighted by Gasteiger charge is 2.34. The maximum atomic E-state index is 13.2. The summed E-state index contributed by atoms with van der Waals surface area (Å²) in [5.74, 6) is -1.49. The van der Waals surface area contributed by atoms with E-state index < -0.39 is 23.5 Å². The minimum atomic E-state index is -4.84. The Balaban J connectivity index is 1.69. The molecule has 0 saturated carbocycles. The third-order valence-electron chi connectivity index (χ3n) is 3.22. The molecule has 0 spiro atoms. The van der Waals surface area contributed by atoms with Gasteiger partial charge < -0.3 is 9.84 Å². The van der Waals surface area contributed by atoms with Crippen molar-refractivity contribution in [2.75, 3.05) is 5.32 Å². The van der Waals surface area contributed by atoms with Gasteiger partial charge in [-0.05, 0) is 29.6 Å². The third-order valence-corrected chi connectivity index (χ3v) is 4.10. The summed E-state index contributed by atoms with van der Waals surface area (Å²) in [6.45, 7) is 0. The molecule has 4 nitrogen and oxygen atoms in total. The van der Waals surface area contributed by atoms with Crippen LogP contribution in [0.4, 0.5) is 23.2 Å². The second-order valence-electron chi connectivity index (χ2n) is 5.08. The Kier molecular flexibility index (Phi) is 4.58. The summed E-state index contributed by atoms with van der Waals surface area (Å²) in [7, 11) is 0. The number of nitrogens with zero attached hydrogens (tertiary/aromatic N) is 1. The van der Waals surface area contributed by atoms with E-state index in [1.165, 1.54) is 11.3 Å². The molecule has 3 aromatic rings. The zero-order chi connectivity index (χ0) is 18.0. The third kappa shape index (κ3) is 4.05. The summed E-state index contributed by atoms with van der Waals surface area (Å²) in [5, 5.41) is 7.90. The largest absolute Gasteiger partial charge is 0.419 e. The standard InChI is InChI=1S/C16H10F4N2O2S/c17-12-4-3-9(6-11(12)16(18,19)20)21-15(23)8-10-7-13(24-22-10)14-2-1-5-25-14/h1-7H,8H2,(H,21,23). The molecule has 1 amide bonds. The number of carbonyl (C=O) groups is 1. The smallest absolute Gasteiger partial charge is 0.355 e. The van der Waals surface area contributed by atoms with E-state index in [0.29, 0.717) is 23.6 Å². The van der Waals surface area contributed by atoms with Crippen molar-refractivity contribution in [3.63, 3.8) is 0 Å². The van der Waals surface area contributed by atoms with Gasteiger partial charge in [-0.15, -0.1) is 11.3 Å². The molecular weight excluding hydrogens is 360 g/mol. The number of nitrogens with one attached hydrogen (secondary N) is 1. The van der Waals surface area contributed by atoms with Gasteiger partial charge in [-0.1, -0.05) is 11.2 Å². The van der Waals surface area contributed by atoms with Gasteiger partial charge in [-0.2, -0.15) is 13.2 Å². The van der Waals surface area contributed by atoms with Gasteiger partial charge in [0.15, 0.2) is 5.76 Å². The maximum Gasteiger partial charge on any atom is 0.419 e. The quantitative estimate of drug-likeness (QED) is 0.675. The second kappa shape index (κ2) is 6.67. The fourth-order valence-corrected chi connectivity index (χ4v) is 2.79. The van der Waals surface area contributed by atoms with Gasteiger partial charge in [0.2, 0.25) is 5.91 Å². The highest BCUT2D eigenvalue weighted by molar-refractivity contribution is 7.13. The van der Waals surface area contributed by atoms with E-state index in [-0.39, 0.29) is 12.1 Å². The number of anilines is 1. The second-order valence-corrected chi connectivity index (χ2v) is 6.02. The maximum absolute atomic E-state index is 13.2. The van der Waals surface area contributed by atoms with Crippen LogP contribution >= 0.6 is 11.3 Å². The minimum Gasteiger partial charge on any atom is -0.355 e. The van der Waals surface area contributed by atoms with Crippen molar-refractivity contribution in [1.29, 1.82) is 0 Å². The summed E-state index contributed by atoms with van der Waals surface area (Å²) in [6.07, 6.45) is -5.03. The van der Waals surface area contributed by atoms with Crippen molar-refractivity contribution >= 4 is 22.9 Å². The Morgan fingerprint density at radius 2 is 2.04 bits per heavy atom. The summed E-state index contributed by atoms with van der Waals surface area (Å²) >= 11 is 1.44. The highest BCUT2D eigenvalue weighted by atomic mass is 32.1. The first-order chi connectivity index (χ1) is 11.8. The van der Waals surface area contributed by atoms with E-state index >= 15 is 0 Å². The summed E-state index contributed by atoms with van der Waals surface area (Å²) in [6, 6.07) is 7.50. The average molecular weight is 370 g/mol. The molecular formula is C16H10F4N2O2S. The molecule has 1 N–H and O–H groups in total. The SMILES string of the molecule is O=C(Cc1cc(-c2cccs2)on1)Nc1ccc(F)c(C(F)(F)F)c1. The van der Waals surface area contributed by atoms with Crippen LogP contribution in [-0.4, -0.2) is 11.1 Å². The molecule has 2 heterocycles. The van der Waals surface area contributed by atoms with Crippen molar-refractivity contribution in [2.24, 2.45) is 0 Å². The van der Waals surface area contributed by atoms with Gasteiger partial charge in [0, 0.05) is 11.8 Å². The summed E-state index contributed by atoms with van der Waals surface area (Å²) in [5.41, 5.74) is -1.26. The number of alkyl halides is 3. The van der Waals surface area contributed by atoms with E-state index in [0.717, 1.165) is 10.9 Å². The molecule has 0 bridgehead atoms. The molecule has 3 rings (SSSR count). The molecule has 0 unspecified atom stereocenters. The van der Waals surface area contributed by atoms with Crippen LogP contribution in [0.5, 0.6) is 0 Å². The fourth-order valence-electron chi connectivity index (χ4n) is 2.12. The first-order valence-electron chi connectivity index (χ1n) is 6.99. The summed E-state index contributed by atoms with van der Waals surface area (Å²) in [4.78, 5) is 12.8. The number of hydrogen-bond acceptors (Lipinski definition) is 4. The number of amides is 1. The molecule has 0 aliphatic carbocycles. The zero-order valence-corrected chi connectivity index (χ0v) is 13.2. The normalized spacial score (nSPS) is 11.5. The minimum absolute atomic E-state index is 0.152. The molecule has 1 aromatic carbocycles. The van der Waals surface area contributed by atoms with Crippen molar-refractivity contribution in [2.45, 2.75) is 12.6 Å². The monoisotopic (exact) mass is 370 g/mol. The van der Waals surface area contributed by atoms with E-state index in [4.69, 9.17) is 4.52 Å². The van der Waals surface area contributed by atoms with Crippen LogP contribution in [0.2, 0.25) is 0 Å². The molecule has 2 aromatic heterocycles. The lowest BCUT2D eigenvalue weighted by molar-refractivity contribution is -0.140. The topological polar surface area (TPSA) is 55.1 Å². The van der Waals surface area contributed by atoms with Crippen LogP contribution < -0.4 is 5.32 Å². The predicted octanol–water partition coefficient (Wildman–Crippen LogP) is 4.74. The molecule has 25 heavy (non-hydrogen) atoms. The predicted molar refractivity (Wildman–Crippen MR) is 83.6 cm³/mol. The lowest BCUT2D eigenvalue weighted by Crippen LogP contribution is -2.16. The van der Waals surface area contributed by atoms with Gasteiger partial charge in [-0.3, -0.25) is 4.79 Å². The van der Waals surface area contributed by atoms with Gasteiger partial charge >= 0.3 is 6.18 Å². The first kappa shape index (κ1) is 17.2. The molecule has 0 fully saturated rings. The van der Waals surface area contributed by atoms with Crippen molar-refractivity contribution < 1.29 is 26.9 Å². The Labute approximate surface area is 143 Å². The molecule has 9 heteroatoms. The lowest BCUT2D eigenvalue weighted by Gasteiger charge is -2.10. The molecule has 0 atom stereocenters. The number of rotatable bonds is 4. The Morgan fingerprint density at radius 3 is 2.72 bits per heavy atom. The van der Waals surface area contributed by atoms with Crippen LogP contribution in [-0.2, 0) is 17.4 Å². The number of carbonyl (C=O) groups excluding carboxylic acids is 1. The average Bonchev–Trinajstić information content (AvgIpc) is 3.19. The highest BCUT2D eigenvalue weighted by Crippen LogP contribution is 2.33. The Bertz CT molecular complexity index is 888. The van der Waals surface area contributed by atoms with Crippen LogP contribution in [0.1, 0.15) is 11.3 Å². The van der Waals surface area contributed by atoms with Gasteiger partial charge in [0.25, 0.3) is 0 Å². The van der Waals surface area contributed by atoms with Crippen LogP contribution in [0.25, 0.3) is 10.6 Å². The Hall–Kier alpha value is -2.68. The number of halogens is 4. The van der Waals surface area contributed by atoms with Crippen molar-refractivity contribution in [3.05, 3.63) is 58.9 Å². The number of benzene rings is 1. The van der Waals surface area contributed by atoms with Gasteiger partial charge in [-0.25, -0.2) is 4.39 Å². The van der Waals surface area contributed by atoms with Crippen molar-refractivity contribution in [3.8, 4) is 10.6 Å². The molecule has 0 saturated heterocycles. The van der Waals surface area contributed by atoms with Gasteiger partial charge in [0.05, 0.1) is 22.6 Å². The molecule has 0 aliphatic heterocycles. The molecule has 0 radical (unpaired) electrons.